The number of rotatable bonds is 2. The van der Waals surface area contributed by atoms with E-state index in [0.29, 0.717) is 11.4 Å². The van der Waals surface area contributed by atoms with Crippen molar-refractivity contribution in [1.82, 2.24) is 19.9 Å². The molecule has 5 nitrogen and oxygen atoms in total. The molecule has 2 heterocycles. The lowest BCUT2D eigenvalue weighted by Crippen LogP contribution is -2.18. The minimum absolute atomic E-state index is 0.143. The number of carbonyl (C=O) groups is 1. The monoisotopic (exact) mass is 286 g/mol. The molecule has 0 unspecified atom stereocenters. The van der Waals surface area contributed by atoms with E-state index in [9.17, 15) is 4.79 Å². The summed E-state index contributed by atoms with van der Waals surface area (Å²) in [4.78, 5) is 20.0. The van der Waals surface area contributed by atoms with Crippen molar-refractivity contribution in [3.63, 3.8) is 0 Å². The second-order valence-electron chi connectivity index (χ2n) is 4.19. The van der Waals surface area contributed by atoms with Gasteiger partial charge in [-0.25, -0.2) is 4.98 Å². The molecule has 3 aromatic rings. The Morgan fingerprint density at radius 2 is 2.15 bits per heavy atom. The number of hydrogen-bond donors (Lipinski definition) is 1. The van der Waals surface area contributed by atoms with Gasteiger partial charge >= 0.3 is 0 Å². The number of hydrogen-bond acceptors (Lipinski definition) is 3. The largest absolute Gasteiger partial charge is 0.355 e. The molecule has 0 saturated carbocycles. The molecule has 100 valence electrons. The molecule has 0 aliphatic heterocycles. The summed E-state index contributed by atoms with van der Waals surface area (Å²) in [5, 5.41) is 3.77. The molecule has 0 bridgehead atoms. The Balaban J connectivity index is 2.29. The van der Waals surface area contributed by atoms with Crippen LogP contribution in [0.1, 0.15) is 10.4 Å². The molecular formula is C14H11ClN4O. The van der Waals surface area contributed by atoms with Gasteiger partial charge in [0, 0.05) is 24.8 Å². The van der Waals surface area contributed by atoms with E-state index in [2.05, 4.69) is 15.3 Å². The topological polar surface area (TPSA) is 59.8 Å². The van der Waals surface area contributed by atoms with E-state index in [4.69, 9.17) is 11.6 Å². The van der Waals surface area contributed by atoms with Gasteiger partial charge in [0.1, 0.15) is 5.82 Å². The van der Waals surface area contributed by atoms with Crippen molar-refractivity contribution in [2.45, 2.75) is 0 Å². The first-order valence-corrected chi connectivity index (χ1v) is 6.39. The second kappa shape index (κ2) is 4.94. The minimum Gasteiger partial charge on any atom is -0.355 e. The maximum absolute atomic E-state index is 12.0. The Labute approximate surface area is 120 Å². The fraction of sp³-hybridized carbons (Fsp3) is 0.0714. The third kappa shape index (κ3) is 2.02. The molecule has 0 atom stereocenters. The maximum Gasteiger partial charge on any atom is 0.253 e. The summed E-state index contributed by atoms with van der Waals surface area (Å²) in [6.45, 7) is 0. The van der Waals surface area contributed by atoms with Crippen LogP contribution >= 0.6 is 11.6 Å². The summed E-state index contributed by atoms with van der Waals surface area (Å²) in [6.07, 6.45) is 3.44. The third-order valence-electron chi connectivity index (χ3n) is 3.04. The van der Waals surface area contributed by atoms with Crippen LogP contribution in [0.3, 0.4) is 0 Å². The SMILES string of the molecule is CNC(=O)c1cccc2ccn(-c3ccnc(Cl)n3)c12. The second-order valence-corrected chi connectivity index (χ2v) is 4.53. The lowest BCUT2D eigenvalue weighted by atomic mass is 10.1. The number of carbonyl (C=O) groups excluding carboxylic acids is 1. The predicted molar refractivity (Wildman–Crippen MR) is 77.3 cm³/mol. The van der Waals surface area contributed by atoms with E-state index in [1.54, 1.807) is 25.4 Å². The van der Waals surface area contributed by atoms with E-state index in [1.807, 2.05) is 29.0 Å². The van der Waals surface area contributed by atoms with Gasteiger partial charge in [0.25, 0.3) is 5.91 Å². The van der Waals surface area contributed by atoms with E-state index in [1.165, 1.54) is 0 Å². The normalized spacial score (nSPS) is 10.7. The molecular weight excluding hydrogens is 276 g/mol. The molecule has 1 N–H and O–H groups in total. The Morgan fingerprint density at radius 3 is 2.90 bits per heavy atom. The molecule has 1 amide bonds. The number of aromatic nitrogens is 3. The van der Waals surface area contributed by atoms with Crippen molar-refractivity contribution in [3.05, 3.63) is 53.6 Å². The van der Waals surface area contributed by atoms with E-state index < -0.39 is 0 Å². The molecule has 0 aliphatic rings. The lowest BCUT2D eigenvalue weighted by Gasteiger charge is -2.08. The molecule has 0 radical (unpaired) electrons. The average molecular weight is 287 g/mol. The molecule has 3 rings (SSSR count). The summed E-state index contributed by atoms with van der Waals surface area (Å²) in [7, 11) is 1.61. The van der Waals surface area contributed by atoms with Crippen LogP contribution in [0.15, 0.2) is 42.7 Å². The van der Waals surface area contributed by atoms with E-state index in [-0.39, 0.29) is 11.2 Å². The fourth-order valence-corrected chi connectivity index (χ4v) is 2.31. The summed E-state index contributed by atoms with van der Waals surface area (Å²) >= 11 is 5.83. The van der Waals surface area contributed by atoms with Gasteiger partial charge < -0.3 is 9.88 Å². The van der Waals surface area contributed by atoms with Crippen molar-refractivity contribution in [2.75, 3.05) is 7.05 Å². The van der Waals surface area contributed by atoms with Gasteiger partial charge in [-0.1, -0.05) is 12.1 Å². The quantitative estimate of drug-likeness (QED) is 0.736. The van der Waals surface area contributed by atoms with Gasteiger partial charge in [-0.3, -0.25) is 4.79 Å². The number of nitrogens with one attached hydrogen (secondary N) is 1. The molecule has 1 aromatic carbocycles. The predicted octanol–water partition coefficient (Wildman–Crippen LogP) is 2.43. The maximum atomic E-state index is 12.0. The zero-order chi connectivity index (χ0) is 14.1. The highest BCUT2D eigenvalue weighted by Crippen LogP contribution is 2.23. The molecule has 0 spiro atoms. The number of para-hydroxylation sites is 1. The van der Waals surface area contributed by atoms with Gasteiger partial charge in [0.05, 0.1) is 11.1 Å². The first-order chi connectivity index (χ1) is 9.70. The van der Waals surface area contributed by atoms with Gasteiger partial charge in [-0.15, -0.1) is 0 Å². The van der Waals surface area contributed by atoms with Crippen LogP contribution in [0.5, 0.6) is 0 Å². The lowest BCUT2D eigenvalue weighted by molar-refractivity contribution is 0.0964. The van der Waals surface area contributed by atoms with E-state index >= 15 is 0 Å². The molecule has 0 saturated heterocycles. The summed E-state index contributed by atoms with van der Waals surface area (Å²) in [5.74, 6) is 0.479. The van der Waals surface area contributed by atoms with Crippen molar-refractivity contribution < 1.29 is 4.79 Å². The standard InChI is InChI=1S/C14H11ClN4O/c1-16-13(20)10-4-2-3-9-6-8-19(12(9)10)11-5-7-17-14(15)18-11/h2-8H,1H3,(H,16,20). The summed E-state index contributed by atoms with van der Waals surface area (Å²) in [5.41, 5.74) is 1.38. The van der Waals surface area contributed by atoms with Gasteiger partial charge in [0.2, 0.25) is 5.28 Å². The first kappa shape index (κ1) is 12.6. The number of amides is 1. The minimum atomic E-state index is -0.143. The van der Waals surface area contributed by atoms with Crippen LogP contribution in [0.4, 0.5) is 0 Å². The molecule has 20 heavy (non-hydrogen) atoms. The van der Waals surface area contributed by atoms with Crippen LogP contribution in [-0.2, 0) is 0 Å². The van der Waals surface area contributed by atoms with Crippen LogP contribution in [0.25, 0.3) is 16.7 Å². The number of halogens is 1. The first-order valence-electron chi connectivity index (χ1n) is 6.02. The number of benzene rings is 1. The smallest absolute Gasteiger partial charge is 0.253 e. The van der Waals surface area contributed by atoms with Crippen LogP contribution < -0.4 is 5.32 Å². The highest BCUT2D eigenvalue weighted by Gasteiger charge is 2.13. The third-order valence-corrected chi connectivity index (χ3v) is 3.22. The number of fused-ring (bicyclic) bond motifs is 1. The van der Waals surface area contributed by atoms with Gasteiger partial charge in [-0.05, 0) is 29.8 Å². The van der Waals surface area contributed by atoms with Crippen LogP contribution in [-0.4, -0.2) is 27.5 Å². The Kier molecular flexibility index (Phi) is 3.12. The van der Waals surface area contributed by atoms with Crippen molar-refractivity contribution in [1.29, 1.82) is 0 Å². The molecule has 0 aliphatic carbocycles. The van der Waals surface area contributed by atoms with Crippen molar-refractivity contribution in [3.8, 4) is 5.82 Å². The zero-order valence-corrected chi connectivity index (χ0v) is 11.4. The van der Waals surface area contributed by atoms with Crippen molar-refractivity contribution >= 4 is 28.4 Å². The van der Waals surface area contributed by atoms with Gasteiger partial charge in [0.15, 0.2) is 0 Å². The fourth-order valence-electron chi connectivity index (χ4n) is 2.16. The van der Waals surface area contributed by atoms with Gasteiger partial charge in [-0.2, -0.15) is 4.98 Å². The Bertz CT molecular complexity index is 797. The molecule has 2 aromatic heterocycles. The summed E-state index contributed by atoms with van der Waals surface area (Å²) < 4.78 is 1.83. The summed E-state index contributed by atoms with van der Waals surface area (Å²) in [6, 6.07) is 9.25. The molecule has 6 heteroatoms. The molecule has 0 fully saturated rings. The number of nitrogens with zero attached hydrogens (tertiary/aromatic N) is 3. The van der Waals surface area contributed by atoms with Crippen molar-refractivity contribution in [2.24, 2.45) is 0 Å². The van der Waals surface area contributed by atoms with Crippen LogP contribution in [0.2, 0.25) is 5.28 Å². The highest BCUT2D eigenvalue weighted by molar-refractivity contribution is 6.28. The average Bonchev–Trinajstić information content (AvgIpc) is 2.90. The Hall–Kier alpha value is -2.40. The highest BCUT2D eigenvalue weighted by atomic mass is 35.5. The zero-order valence-electron chi connectivity index (χ0n) is 10.7. The van der Waals surface area contributed by atoms with E-state index in [0.717, 1.165) is 10.9 Å². The Morgan fingerprint density at radius 1 is 1.30 bits per heavy atom. The van der Waals surface area contributed by atoms with Crippen LogP contribution in [0, 0.1) is 0 Å².